The van der Waals surface area contributed by atoms with Crippen LogP contribution >= 0.6 is 11.3 Å². The van der Waals surface area contributed by atoms with Crippen LogP contribution < -0.4 is 5.32 Å². The maximum atomic E-state index is 11.8. The molecule has 1 aromatic rings. The van der Waals surface area contributed by atoms with E-state index in [1.54, 1.807) is 0 Å². The number of hydrogen-bond acceptors (Lipinski definition) is 5. The van der Waals surface area contributed by atoms with Crippen LogP contribution in [0, 0.1) is 11.8 Å². The number of carboxylic acid groups (broad SMARTS) is 1. The van der Waals surface area contributed by atoms with Gasteiger partial charge >= 0.3 is 12.0 Å². The van der Waals surface area contributed by atoms with E-state index in [1.807, 2.05) is 6.92 Å². The van der Waals surface area contributed by atoms with Gasteiger partial charge in [-0.3, -0.25) is 10.1 Å². The maximum absolute atomic E-state index is 11.8. The second-order valence-corrected chi connectivity index (χ2v) is 4.83. The molecule has 0 radical (unpaired) electrons. The zero-order valence-corrected chi connectivity index (χ0v) is 9.98. The molecule has 0 unspecified atom stereocenters. The van der Waals surface area contributed by atoms with Crippen molar-refractivity contribution < 1.29 is 14.7 Å². The van der Waals surface area contributed by atoms with E-state index in [-0.39, 0.29) is 18.5 Å². The summed E-state index contributed by atoms with van der Waals surface area (Å²) >= 11 is 1.22. The summed E-state index contributed by atoms with van der Waals surface area (Å²) in [5, 5.41) is 19.3. The summed E-state index contributed by atoms with van der Waals surface area (Å²) in [6, 6.07) is -0.322. The first-order chi connectivity index (χ1) is 8.08. The van der Waals surface area contributed by atoms with Crippen LogP contribution in [0.1, 0.15) is 6.92 Å². The van der Waals surface area contributed by atoms with Crippen molar-refractivity contribution >= 4 is 28.5 Å². The highest BCUT2D eigenvalue weighted by molar-refractivity contribution is 7.13. The Morgan fingerprint density at radius 3 is 2.88 bits per heavy atom. The normalized spacial score (nSPS) is 23.7. The van der Waals surface area contributed by atoms with Gasteiger partial charge in [0.15, 0.2) is 0 Å². The van der Waals surface area contributed by atoms with Crippen LogP contribution in [0.3, 0.4) is 0 Å². The summed E-state index contributed by atoms with van der Waals surface area (Å²) in [6.07, 6.45) is 0. The Morgan fingerprint density at radius 2 is 2.35 bits per heavy atom. The van der Waals surface area contributed by atoms with Crippen molar-refractivity contribution in [1.82, 2.24) is 15.1 Å². The number of amides is 2. The number of carbonyl (C=O) groups is 2. The minimum atomic E-state index is -0.858. The molecule has 2 rings (SSSR count). The molecule has 1 fully saturated rings. The van der Waals surface area contributed by atoms with Crippen LogP contribution in [0.2, 0.25) is 0 Å². The lowest BCUT2D eigenvalue weighted by atomic mass is 9.99. The SMILES string of the molecule is C[C@@H]1CN(C(=O)Nc2nncs2)C[C@H]1C(=O)O. The lowest BCUT2D eigenvalue weighted by Gasteiger charge is -2.15. The summed E-state index contributed by atoms with van der Waals surface area (Å²) in [4.78, 5) is 24.2. The van der Waals surface area contributed by atoms with Crippen molar-refractivity contribution in [3.63, 3.8) is 0 Å². The van der Waals surface area contributed by atoms with Gasteiger partial charge in [0.1, 0.15) is 5.51 Å². The van der Waals surface area contributed by atoms with Crippen LogP contribution in [0.25, 0.3) is 0 Å². The second-order valence-electron chi connectivity index (χ2n) is 4.00. The number of rotatable bonds is 2. The number of hydrogen-bond donors (Lipinski definition) is 2. The Morgan fingerprint density at radius 1 is 1.59 bits per heavy atom. The predicted octanol–water partition coefficient (Wildman–Crippen LogP) is 0.722. The third kappa shape index (κ3) is 2.52. The van der Waals surface area contributed by atoms with Gasteiger partial charge in [-0.1, -0.05) is 18.3 Å². The first-order valence-electron chi connectivity index (χ1n) is 5.13. The molecule has 0 spiro atoms. The number of carbonyl (C=O) groups excluding carboxylic acids is 1. The van der Waals surface area contributed by atoms with E-state index in [0.717, 1.165) is 0 Å². The minimum Gasteiger partial charge on any atom is -0.481 e. The lowest BCUT2D eigenvalue weighted by Crippen LogP contribution is -2.33. The first kappa shape index (κ1) is 11.8. The van der Waals surface area contributed by atoms with Crippen molar-refractivity contribution in [2.75, 3.05) is 18.4 Å². The molecule has 2 amide bonds. The van der Waals surface area contributed by atoms with Crippen molar-refractivity contribution in [2.24, 2.45) is 11.8 Å². The van der Waals surface area contributed by atoms with Crippen molar-refractivity contribution in [3.8, 4) is 0 Å². The van der Waals surface area contributed by atoms with Gasteiger partial charge in [-0.15, -0.1) is 10.2 Å². The average molecular weight is 256 g/mol. The molecule has 0 saturated carbocycles. The number of anilines is 1. The molecule has 0 aromatic carbocycles. The maximum Gasteiger partial charge on any atom is 0.323 e. The number of likely N-dealkylation sites (tertiary alicyclic amines) is 1. The number of carboxylic acids is 1. The van der Waals surface area contributed by atoms with Gasteiger partial charge in [-0.2, -0.15) is 0 Å². The summed E-state index contributed by atoms with van der Waals surface area (Å²) in [5.74, 6) is -1.38. The molecular formula is C9H12N4O3S. The molecule has 1 aliphatic heterocycles. The van der Waals surface area contributed by atoms with E-state index in [0.29, 0.717) is 11.7 Å². The number of nitrogens with one attached hydrogen (secondary N) is 1. The number of aromatic nitrogens is 2. The summed E-state index contributed by atoms with van der Waals surface area (Å²) in [7, 11) is 0. The van der Waals surface area contributed by atoms with Crippen molar-refractivity contribution in [2.45, 2.75) is 6.92 Å². The third-order valence-electron chi connectivity index (χ3n) is 2.79. The number of urea groups is 1. The molecule has 7 nitrogen and oxygen atoms in total. The van der Waals surface area contributed by atoms with Gasteiger partial charge in [-0.05, 0) is 5.92 Å². The fourth-order valence-corrected chi connectivity index (χ4v) is 2.29. The summed E-state index contributed by atoms with van der Waals surface area (Å²) in [5.41, 5.74) is 1.52. The fourth-order valence-electron chi connectivity index (χ4n) is 1.85. The van der Waals surface area contributed by atoms with E-state index >= 15 is 0 Å². The Kier molecular flexibility index (Phi) is 3.23. The fraction of sp³-hybridized carbons (Fsp3) is 0.556. The number of nitrogens with zero attached hydrogens (tertiary/aromatic N) is 3. The van der Waals surface area contributed by atoms with Crippen molar-refractivity contribution in [1.29, 1.82) is 0 Å². The van der Waals surface area contributed by atoms with Crippen LogP contribution in [-0.4, -0.2) is 45.3 Å². The van der Waals surface area contributed by atoms with E-state index in [4.69, 9.17) is 5.11 Å². The van der Waals surface area contributed by atoms with Gasteiger partial charge in [0.05, 0.1) is 5.92 Å². The molecule has 92 valence electrons. The molecule has 2 heterocycles. The lowest BCUT2D eigenvalue weighted by molar-refractivity contribution is -0.142. The molecule has 8 heteroatoms. The third-order valence-corrected chi connectivity index (χ3v) is 3.40. The molecule has 0 aliphatic carbocycles. The minimum absolute atomic E-state index is 0.0346. The van der Waals surface area contributed by atoms with Gasteiger partial charge in [-0.25, -0.2) is 4.79 Å². The number of aliphatic carboxylic acids is 1. The van der Waals surface area contributed by atoms with Crippen LogP contribution in [-0.2, 0) is 4.79 Å². The molecule has 2 atom stereocenters. The van der Waals surface area contributed by atoms with Gasteiger partial charge in [0.25, 0.3) is 0 Å². The Hall–Kier alpha value is -1.70. The molecule has 0 bridgehead atoms. The van der Waals surface area contributed by atoms with Crippen LogP contribution in [0.15, 0.2) is 5.51 Å². The first-order valence-corrected chi connectivity index (χ1v) is 6.01. The van der Waals surface area contributed by atoms with E-state index in [9.17, 15) is 9.59 Å². The zero-order valence-electron chi connectivity index (χ0n) is 9.16. The monoisotopic (exact) mass is 256 g/mol. The highest BCUT2D eigenvalue weighted by Crippen LogP contribution is 2.23. The quantitative estimate of drug-likeness (QED) is 0.813. The standard InChI is InChI=1S/C9H12N4O3S/c1-5-2-13(3-6(5)7(14)15)9(16)11-8-12-10-4-17-8/h4-6H,2-3H2,1H3,(H,14,15)(H,11,12,16)/t5-,6-/m1/s1. The smallest absolute Gasteiger partial charge is 0.323 e. The summed E-state index contributed by atoms with van der Waals surface area (Å²) in [6.45, 7) is 2.51. The van der Waals surface area contributed by atoms with Gasteiger partial charge < -0.3 is 10.0 Å². The Balaban J connectivity index is 1.96. The highest BCUT2D eigenvalue weighted by Gasteiger charge is 2.37. The molecule has 1 saturated heterocycles. The van der Waals surface area contributed by atoms with E-state index < -0.39 is 11.9 Å². The molecule has 17 heavy (non-hydrogen) atoms. The van der Waals surface area contributed by atoms with E-state index in [1.165, 1.54) is 21.7 Å². The van der Waals surface area contributed by atoms with Crippen LogP contribution in [0.4, 0.5) is 9.93 Å². The van der Waals surface area contributed by atoms with Crippen molar-refractivity contribution in [3.05, 3.63) is 5.51 Å². The zero-order chi connectivity index (χ0) is 12.4. The molecule has 1 aliphatic rings. The topological polar surface area (TPSA) is 95.4 Å². The Labute approximate surface area is 101 Å². The second kappa shape index (κ2) is 4.66. The average Bonchev–Trinajstić information content (AvgIpc) is 2.86. The molecule has 2 N–H and O–H groups in total. The van der Waals surface area contributed by atoms with Gasteiger partial charge in [0.2, 0.25) is 5.13 Å². The van der Waals surface area contributed by atoms with E-state index in [2.05, 4.69) is 15.5 Å². The predicted molar refractivity (Wildman–Crippen MR) is 60.8 cm³/mol. The molecular weight excluding hydrogens is 244 g/mol. The largest absolute Gasteiger partial charge is 0.481 e. The molecule has 1 aromatic heterocycles. The van der Waals surface area contributed by atoms with Gasteiger partial charge in [0, 0.05) is 13.1 Å². The van der Waals surface area contributed by atoms with Crippen LogP contribution in [0.5, 0.6) is 0 Å². The highest BCUT2D eigenvalue weighted by atomic mass is 32.1. The summed E-state index contributed by atoms with van der Waals surface area (Å²) < 4.78 is 0. The Bertz CT molecular complexity index is 422.